The Morgan fingerprint density at radius 3 is 2.34 bits per heavy atom. The highest BCUT2D eigenvalue weighted by Crippen LogP contribution is 2.30. The van der Waals surface area contributed by atoms with Crippen molar-refractivity contribution in [3.8, 4) is 11.5 Å². The Labute approximate surface area is 206 Å². The molecule has 0 spiro atoms. The van der Waals surface area contributed by atoms with Gasteiger partial charge in [-0.25, -0.2) is 4.98 Å². The van der Waals surface area contributed by atoms with Crippen molar-refractivity contribution in [2.75, 3.05) is 5.32 Å². The highest BCUT2D eigenvalue weighted by atomic mass is 32.1. The average Bonchev–Trinajstić information content (AvgIpc) is 3.33. The number of hydrogen-bond donors (Lipinski definition) is 2. The van der Waals surface area contributed by atoms with Gasteiger partial charge in [-0.15, -0.1) is 0 Å². The summed E-state index contributed by atoms with van der Waals surface area (Å²) in [6, 6.07) is 33.0. The van der Waals surface area contributed by atoms with Gasteiger partial charge in [0.25, 0.3) is 5.91 Å². The first-order valence-corrected chi connectivity index (χ1v) is 11.6. The summed E-state index contributed by atoms with van der Waals surface area (Å²) in [6.07, 6.45) is 0. The summed E-state index contributed by atoms with van der Waals surface area (Å²) in [7, 11) is 0. The first-order valence-electron chi connectivity index (χ1n) is 11.1. The maximum Gasteiger partial charge on any atom is 0.258 e. The normalized spacial score (nSPS) is 11.1. The molecule has 1 heterocycles. The van der Waals surface area contributed by atoms with Crippen molar-refractivity contribution in [2.45, 2.75) is 0 Å². The van der Waals surface area contributed by atoms with E-state index in [0.29, 0.717) is 11.5 Å². The zero-order valence-electron chi connectivity index (χ0n) is 18.5. The van der Waals surface area contributed by atoms with Crippen LogP contribution in [-0.2, 0) is 0 Å². The lowest BCUT2D eigenvalue weighted by Crippen LogP contribution is -2.34. The zero-order valence-corrected chi connectivity index (χ0v) is 19.3. The van der Waals surface area contributed by atoms with Gasteiger partial charge >= 0.3 is 0 Å². The quantitative estimate of drug-likeness (QED) is 0.273. The minimum atomic E-state index is -0.263. The molecule has 1 aromatic heterocycles. The fraction of sp³-hybridized carbons (Fsp3) is 0. The maximum atomic E-state index is 12.9. The molecule has 5 aromatic carbocycles. The largest absolute Gasteiger partial charge is 0.436 e. The molecule has 0 bridgehead atoms. The summed E-state index contributed by atoms with van der Waals surface area (Å²) < 4.78 is 6.04. The Kier molecular flexibility index (Phi) is 5.20. The van der Waals surface area contributed by atoms with Crippen molar-refractivity contribution in [3.05, 3.63) is 109 Å². The van der Waals surface area contributed by atoms with E-state index >= 15 is 0 Å². The van der Waals surface area contributed by atoms with E-state index < -0.39 is 0 Å². The van der Waals surface area contributed by atoms with Gasteiger partial charge in [0.05, 0.1) is 0 Å². The molecule has 0 aliphatic heterocycles. The van der Waals surface area contributed by atoms with Crippen LogP contribution < -0.4 is 10.6 Å². The van der Waals surface area contributed by atoms with Crippen LogP contribution in [0.1, 0.15) is 10.4 Å². The Hall–Kier alpha value is -4.55. The van der Waals surface area contributed by atoms with Crippen molar-refractivity contribution in [1.82, 2.24) is 10.3 Å². The highest BCUT2D eigenvalue weighted by Gasteiger charge is 2.14. The number of anilines is 1. The smallest absolute Gasteiger partial charge is 0.258 e. The lowest BCUT2D eigenvalue weighted by atomic mass is 10.0. The van der Waals surface area contributed by atoms with E-state index in [1.807, 2.05) is 91.0 Å². The first kappa shape index (κ1) is 21.0. The van der Waals surface area contributed by atoms with Crippen LogP contribution >= 0.6 is 12.2 Å². The second-order valence-electron chi connectivity index (χ2n) is 8.17. The lowest BCUT2D eigenvalue weighted by molar-refractivity contribution is 0.0979. The molecule has 5 nitrogen and oxygen atoms in total. The molecule has 1 amide bonds. The van der Waals surface area contributed by atoms with Crippen molar-refractivity contribution < 1.29 is 9.21 Å². The monoisotopic (exact) mass is 473 g/mol. The van der Waals surface area contributed by atoms with Gasteiger partial charge in [0.1, 0.15) is 5.52 Å². The maximum absolute atomic E-state index is 12.9. The molecule has 2 N–H and O–H groups in total. The summed E-state index contributed by atoms with van der Waals surface area (Å²) in [5.74, 6) is 0.256. The summed E-state index contributed by atoms with van der Waals surface area (Å²) in [5, 5.41) is 10.1. The molecular weight excluding hydrogens is 454 g/mol. The Morgan fingerprint density at radius 2 is 1.49 bits per heavy atom. The van der Waals surface area contributed by atoms with Crippen LogP contribution in [0.15, 0.2) is 108 Å². The van der Waals surface area contributed by atoms with Crippen LogP contribution in [0.4, 0.5) is 5.69 Å². The summed E-state index contributed by atoms with van der Waals surface area (Å²) in [6.45, 7) is 0. The van der Waals surface area contributed by atoms with Gasteiger partial charge in [-0.1, -0.05) is 72.8 Å². The van der Waals surface area contributed by atoms with E-state index in [9.17, 15) is 4.79 Å². The SMILES string of the molecule is O=C(NC(=S)Nc1cccc(-c2nc3c(ccc4ccccc43)o2)c1)c1cccc2ccccc12. The third-order valence-corrected chi connectivity index (χ3v) is 6.12. The molecular formula is C29H19N3O2S. The predicted octanol–water partition coefficient (Wildman–Crippen LogP) is 6.93. The fourth-order valence-electron chi connectivity index (χ4n) is 4.27. The van der Waals surface area contributed by atoms with Crippen molar-refractivity contribution >= 4 is 61.6 Å². The van der Waals surface area contributed by atoms with Crippen molar-refractivity contribution in [2.24, 2.45) is 0 Å². The Morgan fingerprint density at radius 1 is 0.771 bits per heavy atom. The molecule has 35 heavy (non-hydrogen) atoms. The van der Waals surface area contributed by atoms with E-state index in [1.54, 1.807) is 6.07 Å². The number of carbonyl (C=O) groups is 1. The van der Waals surface area contributed by atoms with Gasteiger partial charge < -0.3 is 9.73 Å². The number of fused-ring (bicyclic) bond motifs is 4. The van der Waals surface area contributed by atoms with Crippen molar-refractivity contribution in [3.63, 3.8) is 0 Å². The van der Waals surface area contributed by atoms with Gasteiger partial charge in [0.2, 0.25) is 5.89 Å². The average molecular weight is 474 g/mol. The van der Waals surface area contributed by atoms with E-state index in [2.05, 4.69) is 16.7 Å². The molecule has 6 rings (SSSR count). The molecule has 0 atom stereocenters. The van der Waals surface area contributed by atoms with Crippen LogP contribution in [0.5, 0.6) is 0 Å². The van der Waals surface area contributed by atoms with Gasteiger partial charge in [0.15, 0.2) is 10.7 Å². The second kappa shape index (κ2) is 8.66. The third kappa shape index (κ3) is 4.00. The number of aromatic nitrogens is 1. The number of hydrogen-bond acceptors (Lipinski definition) is 4. The number of nitrogens with zero attached hydrogens (tertiary/aromatic N) is 1. The standard InChI is InChI=1S/C29H19N3O2S/c33-27(24-14-6-9-18-7-1-3-12-22(18)24)32-29(35)30-21-11-5-10-20(17-21)28-31-26-23-13-4-2-8-19(23)15-16-25(26)34-28/h1-17H,(H2,30,32,33,35). The number of oxazole rings is 1. The van der Waals surface area contributed by atoms with E-state index in [0.717, 1.165) is 43.9 Å². The van der Waals surface area contributed by atoms with E-state index in [4.69, 9.17) is 21.6 Å². The molecule has 0 fully saturated rings. The summed E-state index contributed by atoms with van der Waals surface area (Å²) >= 11 is 5.42. The van der Waals surface area contributed by atoms with E-state index in [-0.39, 0.29) is 11.0 Å². The van der Waals surface area contributed by atoms with Crippen LogP contribution in [0.3, 0.4) is 0 Å². The van der Waals surface area contributed by atoms with Crippen LogP contribution in [0.2, 0.25) is 0 Å². The van der Waals surface area contributed by atoms with Gasteiger partial charge in [-0.2, -0.15) is 0 Å². The number of benzene rings is 5. The van der Waals surface area contributed by atoms with Crippen LogP contribution in [0, 0.1) is 0 Å². The third-order valence-electron chi connectivity index (χ3n) is 5.91. The fourth-order valence-corrected chi connectivity index (χ4v) is 4.48. The second-order valence-corrected chi connectivity index (χ2v) is 8.58. The molecule has 6 aromatic rings. The molecule has 0 saturated carbocycles. The minimum absolute atomic E-state index is 0.212. The number of amides is 1. The number of thiocarbonyl (C=S) groups is 1. The topological polar surface area (TPSA) is 67.2 Å². The summed E-state index contributed by atoms with van der Waals surface area (Å²) in [5.41, 5.74) is 3.65. The number of nitrogens with one attached hydrogen (secondary N) is 2. The minimum Gasteiger partial charge on any atom is -0.436 e. The predicted molar refractivity (Wildman–Crippen MR) is 145 cm³/mol. The van der Waals surface area contributed by atoms with Crippen LogP contribution in [0.25, 0.3) is 44.1 Å². The van der Waals surface area contributed by atoms with Gasteiger partial charge in [0, 0.05) is 22.2 Å². The molecule has 0 aliphatic carbocycles. The molecule has 168 valence electrons. The number of rotatable bonds is 3. The van der Waals surface area contributed by atoms with Crippen LogP contribution in [-0.4, -0.2) is 16.0 Å². The number of carbonyl (C=O) groups excluding carboxylic acids is 1. The summed E-state index contributed by atoms with van der Waals surface area (Å²) in [4.78, 5) is 17.6. The molecule has 6 heteroatoms. The lowest BCUT2D eigenvalue weighted by Gasteiger charge is -2.11. The highest BCUT2D eigenvalue weighted by molar-refractivity contribution is 7.80. The first-order chi connectivity index (χ1) is 17.2. The molecule has 0 saturated heterocycles. The van der Waals surface area contributed by atoms with Gasteiger partial charge in [-0.3, -0.25) is 10.1 Å². The van der Waals surface area contributed by atoms with E-state index in [1.165, 1.54) is 0 Å². The molecule has 0 aliphatic rings. The molecule has 0 radical (unpaired) electrons. The van der Waals surface area contributed by atoms with Gasteiger partial charge in [-0.05, 0) is 58.7 Å². The molecule has 0 unspecified atom stereocenters. The Balaban J connectivity index is 1.23. The Bertz CT molecular complexity index is 1750. The zero-order chi connectivity index (χ0) is 23.8. The van der Waals surface area contributed by atoms with Crippen molar-refractivity contribution in [1.29, 1.82) is 0 Å².